The number of aryl methyl sites for hydroxylation is 1. The van der Waals surface area contributed by atoms with Gasteiger partial charge in [0.15, 0.2) is 0 Å². The molecule has 0 saturated carbocycles. The molecular weight excluding hydrogens is 294 g/mol. The molecule has 124 valence electrons. The Hall–Kier alpha value is -1.88. The number of fused-ring (bicyclic) bond motifs is 1. The smallest absolute Gasteiger partial charge is 0.326 e. The van der Waals surface area contributed by atoms with E-state index in [0.717, 1.165) is 37.7 Å². The summed E-state index contributed by atoms with van der Waals surface area (Å²) >= 11 is 0. The molecule has 0 bridgehead atoms. The number of hydrogen-bond acceptors (Lipinski definition) is 3. The van der Waals surface area contributed by atoms with Gasteiger partial charge in [0, 0.05) is 12.5 Å². The van der Waals surface area contributed by atoms with Gasteiger partial charge in [-0.15, -0.1) is 0 Å². The van der Waals surface area contributed by atoms with Crippen LogP contribution in [0.1, 0.15) is 42.7 Å². The van der Waals surface area contributed by atoms with Crippen molar-refractivity contribution in [1.82, 2.24) is 5.32 Å². The van der Waals surface area contributed by atoms with Crippen LogP contribution in [0.3, 0.4) is 0 Å². The molecule has 1 amide bonds. The van der Waals surface area contributed by atoms with E-state index in [1.54, 1.807) is 0 Å². The highest BCUT2D eigenvalue weighted by atomic mass is 16.5. The third-order valence-corrected chi connectivity index (χ3v) is 4.92. The molecule has 2 aliphatic rings. The third kappa shape index (κ3) is 3.55. The fourth-order valence-corrected chi connectivity index (χ4v) is 3.69. The zero-order chi connectivity index (χ0) is 16.2. The van der Waals surface area contributed by atoms with Crippen LogP contribution in [0, 0.1) is 5.92 Å². The molecule has 3 rings (SSSR count). The van der Waals surface area contributed by atoms with E-state index in [9.17, 15) is 14.7 Å². The van der Waals surface area contributed by atoms with Crippen LogP contribution in [0.5, 0.6) is 0 Å². The molecule has 5 nitrogen and oxygen atoms in total. The number of hydrogen-bond donors (Lipinski definition) is 2. The van der Waals surface area contributed by atoms with E-state index in [4.69, 9.17) is 4.74 Å². The number of benzene rings is 1. The Labute approximate surface area is 136 Å². The van der Waals surface area contributed by atoms with Crippen LogP contribution < -0.4 is 5.32 Å². The number of rotatable bonds is 4. The molecule has 1 aromatic rings. The number of aliphatic carboxylic acids is 1. The van der Waals surface area contributed by atoms with Crippen LogP contribution in [0.15, 0.2) is 24.3 Å². The van der Waals surface area contributed by atoms with Gasteiger partial charge in [0.25, 0.3) is 0 Å². The lowest BCUT2D eigenvalue weighted by Gasteiger charge is -2.30. The van der Waals surface area contributed by atoms with E-state index in [1.807, 2.05) is 18.2 Å². The Morgan fingerprint density at radius 3 is 2.78 bits per heavy atom. The lowest BCUT2D eigenvalue weighted by Crippen LogP contribution is -2.50. The average Bonchev–Trinajstić information content (AvgIpc) is 2.59. The molecule has 0 radical (unpaired) electrons. The Morgan fingerprint density at radius 1 is 1.22 bits per heavy atom. The SMILES string of the molecule is O=C(NC(C(=O)O)C1CCCOC1)C1CCCc2ccccc21. The molecule has 1 aromatic carbocycles. The van der Waals surface area contributed by atoms with Gasteiger partial charge in [0.1, 0.15) is 6.04 Å². The summed E-state index contributed by atoms with van der Waals surface area (Å²) in [5.74, 6) is -1.54. The highest BCUT2D eigenvalue weighted by molar-refractivity contribution is 5.88. The summed E-state index contributed by atoms with van der Waals surface area (Å²) in [6, 6.07) is 7.10. The van der Waals surface area contributed by atoms with Gasteiger partial charge in [-0.1, -0.05) is 24.3 Å². The van der Waals surface area contributed by atoms with Crippen molar-refractivity contribution in [2.45, 2.75) is 44.1 Å². The van der Waals surface area contributed by atoms with E-state index in [0.29, 0.717) is 13.2 Å². The highest BCUT2D eigenvalue weighted by Crippen LogP contribution is 2.32. The molecule has 3 unspecified atom stereocenters. The normalized spacial score (nSPS) is 25.2. The number of carboxylic acid groups (broad SMARTS) is 1. The summed E-state index contributed by atoms with van der Waals surface area (Å²) in [6.45, 7) is 1.07. The van der Waals surface area contributed by atoms with Crippen molar-refractivity contribution in [1.29, 1.82) is 0 Å². The lowest BCUT2D eigenvalue weighted by atomic mass is 9.82. The van der Waals surface area contributed by atoms with Gasteiger partial charge in [0.2, 0.25) is 5.91 Å². The topological polar surface area (TPSA) is 75.6 Å². The lowest BCUT2D eigenvalue weighted by molar-refractivity contribution is -0.145. The fraction of sp³-hybridized carbons (Fsp3) is 0.556. The summed E-state index contributed by atoms with van der Waals surface area (Å²) < 4.78 is 5.38. The van der Waals surface area contributed by atoms with Crippen molar-refractivity contribution in [3.8, 4) is 0 Å². The predicted molar refractivity (Wildman–Crippen MR) is 85.2 cm³/mol. The molecule has 1 fully saturated rings. The summed E-state index contributed by atoms with van der Waals surface area (Å²) in [7, 11) is 0. The number of carboxylic acids is 1. The van der Waals surface area contributed by atoms with Gasteiger partial charge in [-0.05, 0) is 43.2 Å². The summed E-state index contributed by atoms with van der Waals surface area (Å²) in [5, 5.41) is 12.3. The van der Waals surface area contributed by atoms with Gasteiger partial charge in [-0.3, -0.25) is 4.79 Å². The van der Waals surface area contributed by atoms with Crippen molar-refractivity contribution < 1.29 is 19.4 Å². The minimum atomic E-state index is -0.974. The second-order valence-electron chi connectivity index (χ2n) is 6.45. The Morgan fingerprint density at radius 2 is 2.04 bits per heavy atom. The Bertz CT molecular complexity index is 580. The highest BCUT2D eigenvalue weighted by Gasteiger charge is 2.34. The zero-order valence-electron chi connectivity index (χ0n) is 13.2. The minimum Gasteiger partial charge on any atom is -0.480 e. The molecule has 3 atom stereocenters. The Balaban J connectivity index is 1.73. The molecule has 1 aliphatic heterocycles. The molecule has 5 heteroatoms. The largest absolute Gasteiger partial charge is 0.480 e. The van der Waals surface area contributed by atoms with Crippen LogP contribution in [0.25, 0.3) is 0 Å². The maximum Gasteiger partial charge on any atom is 0.326 e. The first-order valence-corrected chi connectivity index (χ1v) is 8.35. The number of carbonyl (C=O) groups excluding carboxylic acids is 1. The van der Waals surface area contributed by atoms with Crippen molar-refractivity contribution in [2.24, 2.45) is 5.92 Å². The number of carbonyl (C=O) groups is 2. The molecule has 0 aromatic heterocycles. The molecule has 1 heterocycles. The maximum absolute atomic E-state index is 12.7. The number of ether oxygens (including phenoxy) is 1. The van der Waals surface area contributed by atoms with Crippen LogP contribution in [-0.4, -0.2) is 36.2 Å². The van der Waals surface area contributed by atoms with Crippen LogP contribution in [-0.2, 0) is 20.7 Å². The first-order chi connectivity index (χ1) is 11.2. The summed E-state index contributed by atoms with van der Waals surface area (Å²) in [5.41, 5.74) is 2.24. The molecule has 23 heavy (non-hydrogen) atoms. The van der Waals surface area contributed by atoms with Gasteiger partial charge in [-0.2, -0.15) is 0 Å². The Kier molecular flexibility index (Phi) is 4.96. The molecule has 0 spiro atoms. The van der Waals surface area contributed by atoms with E-state index in [2.05, 4.69) is 11.4 Å². The molecule has 1 aliphatic carbocycles. The number of nitrogens with one attached hydrogen (secondary N) is 1. The standard InChI is InChI=1S/C18H23NO4/c20-17(15-9-3-6-12-5-1-2-8-14(12)15)19-16(18(21)22)13-7-4-10-23-11-13/h1-2,5,8,13,15-16H,3-4,6-7,9-11H2,(H,19,20)(H,21,22). The zero-order valence-corrected chi connectivity index (χ0v) is 13.2. The van der Waals surface area contributed by atoms with Gasteiger partial charge >= 0.3 is 5.97 Å². The van der Waals surface area contributed by atoms with Crippen LogP contribution in [0.2, 0.25) is 0 Å². The van der Waals surface area contributed by atoms with Crippen molar-refractivity contribution in [3.63, 3.8) is 0 Å². The summed E-state index contributed by atoms with van der Waals surface area (Å²) in [4.78, 5) is 24.3. The quantitative estimate of drug-likeness (QED) is 0.892. The van der Waals surface area contributed by atoms with E-state index >= 15 is 0 Å². The predicted octanol–water partition coefficient (Wildman–Crippen LogP) is 2.10. The average molecular weight is 317 g/mol. The van der Waals surface area contributed by atoms with E-state index in [-0.39, 0.29) is 17.7 Å². The van der Waals surface area contributed by atoms with Crippen molar-refractivity contribution >= 4 is 11.9 Å². The van der Waals surface area contributed by atoms with Gasteiger partial charge in [-0.25, -0.2) is 4.79 Å². The molecule has 2 N–H and O–H groups in total. The second-order valence-corrected chi connectivity index (χ2v) is 6.45. The van der Waals surface area contributed by atoms with Gasteiger partial charge in [0.05, 0.1) is 12.5 Å². The first kappa shape index (κ1) is 16.0. The van der Waals surface area contributed by atoms with E-state index in [1.165, 1.54) is 5.56 Å². The van der Waals surface area contributed by atoms with Crippen LogP contribution >= 0.6 is 0 Å². The fourth-order valence-electron chi connectivity index (χ4n) is 3.69. The van der Waals surface area contributed by atoms with E-state index < -0.39 is 12.0 Å². The second kappa shape index (κ2) is 7.13. The van der Waals surface area contributed by atoms with Crippen LogP contribution in [0.4, 0.5) is 0 Å². The van der Waals surface area contributed by atoms with Crippen molar-refractivity contribution in [2.75, 3.05) is 13.2 Å². The van der Waals surface area contributed by atoms with Gasteiger partial charge < -0.3 is 15.2 Å². The third-order valence-electron chi connectivity index (χ3n) is 4.92. The maximum atomic E-state index is 12.7. The molecule has 1 saturated heterocycles. The van der Waals surface area contributed by atoms with Crippen molar-refractivity contribution in [3.05, 3.63) is 35.4 Å². The number of amides is 1. The summed E-state index contributed by atoms with van der Waals surface area (Å²) in [6.07, 6.45) is 4.34. The molecular formula is C18H23NO4. The monoisotopic (exact) mass is 317 g/mol. The minimum absolute atomic E-state index is 0.149. The first-order valence-electron chi connectivity index (χ1n) is 8.35.